The number of imide groups is 1. The lowest BCUT2D eigenvalue weighted by Crippen LogP contribution is -2.46. The van der Waals surface area contributed by atoms with Gasteiger partial charge in [0.15, 0.2) is 11.6 Å². The van der Waals surface area contributed by atoms with Crippen molar-refractivity contribution < 1.29 is 27.9 Å². The van der Waals surface area contributed by atoms with Gasteiger partial charge in [-0.3, -0.25) is 19.7 Å². The Balaban J connectivity index is 2.07. The van der Waals surface area contributed by atoms with Crippen molar-refractivity contribution in [3.63, 3.8) is 0 Å². The summed E-state index contributed by atoms with van der Waals surface area (Å²) in [6.07, 6.45) is -0.0104. The van der Waals surface area contributed by atoms with Gasteiger partial charge in [0.2, 0.25) is 17.5 Å². The number of nitrogens with zero attached hydrogens (tertiary/aromatic N) is 1. The number of piperidine rings is 1. The minimum atomic E-state index is -1.26. The van der Waals surface area contributed by atoms with Crippen molar-refractivity contribution >= 4 is 29.0 Å². The number of hydrogen-bond acceptors (Lipinski definition) is 4. The molecule has 2 amide bonds. The number of ketones is 1. The fourth-order valence-electron chi connectivity index (χ4n) is 2.50. The second-order valence-electron chi connectivity index (χ2n) is 4.80. The van der Waals surface area contributed by atoms with Crippen LogP contribution in [0.1, 0.15) is 23.2 Å². The summed E-state index contributed by atoms with van der Waals surface area (Å²) in [6.45, 7) is 0. The molecule has 21 heavy (non-hydrogen) atoms. The monoisotopic (exact) mass is 294 g/mol. The van der Waals surface area contributed by atoms with E-state index < -0.39 is 40.9 Å². The molecule has 6 nitrogen and oxygen atoms in total. The summed E-state index contributed by atoms with van der Waals surface area (Å²) < 4.78 is 26.5. The van der Waals surface area contributed by atoms with Gasteiger partial charge in [-0.2, -0.15) is 4.74 Å². The van der Waals surface area contributed by atoms with E-state index in [1.54, 1.807) is 0 Å². The summed E-state index contributed by atoms with van der Waals surface area (Å²) in [5.74, 6) is -5.69. The molecular weight excluding hydrogens is 286 g/mol. The molecule has 0 radical (unpaired) electrons. The predicted molar refractivity (Wildman–Crippen MR) is 64.9 cm³/mol. The molecule has 3 rings (SSSR count). The molecule has 2 aliphatic heterocycles. The average Bonchev–Trinajstić information content (AvgIpc) is 2.64. The number of hydrogen-bond donors (Lipinski definition) is 1. The van der Waals surface area contributed by atoms with E-state index in [1.165, 1.54) is 0 Å². The van der Waals surface area contributed by atoms with E-state index in [4.69, 9.17) is 0 Å². The Labute approximate surface area is 116 Å². The number of rotatable bonds is 1. The van der Waals surface area contributed by atoms with Gasteiger partial charge in [-0.05, 0) is 12.5 Å². The van der Waals surface area contributed by atoms with Crippen LogP contribution in [0.25, 0.3) is 0 Å². The molecule has 0 spiro atoms. The lowest BCUT2D eigenvalue weighted by atomic mass is 9.90. The Morgan fingerprint density at radius 3 is 2.52 bits per heavy atom. The molecule has 1 unspecified atom stereocenters. The minimum Gasteiger partial charge on any atom is -0.618 e. The van der Waals surface area contributed by atoms with Crippen molar-refractivity contribution in [3.8, 4) is 0 Å². The second kappa shape index (κ2) is 4.44. The highest BCUT2D eigenvalue weighted by Crippen LogP contribution is 2.31. The number of amides is 2. The molecular formula is C13H8F2N2O4. The summed E-state index contributed by atoms with van der Waals surface area (Å²) in [6, 6.07) is 1.26. The Morgan fingerprint density at radius 1 is 1.19 bits per heavy atom. The van der Waals surface area contributed by atoms with Gasteiger partial charge in [-0.1, -0.05) is 0 Å². The average molecular weight is 294 g/mol. The Kier molecular flexibility index (Phi) is 2.82. The maximum absolute atomic E-state index is 13.2. The first-order valence-electron chi connectivity index (χ1n) is 6.11. The highest BCUT2D eigenvalue weighted by atomic mass is 19.2. The molecule has 1 aromatic rings. The van der Waals surface area contributed by atoms with Crippen molar-refractivity contribution in [2.45, 2.75) is 12.8 Å². The number of fused-ring (bicyclic) bond motifs is 1. The van der Waals surface area contributed by atoms with Crippen LogP contribution in [0.4, 0.5) is 14.5 Å². The molecule has 0 aliphatic carbocycles. The van der Waals surface area contributed by atoms with Crippen LogP contribution in [0.2, 0.25) is 0 Å². The molecule has 0 aromatic heterocycles. The predicted octanol–water partition coefficient (Wildman–Crippen LogP) is 0.797. The van der Waals surface area contributed by atoms with Gasteiger partial charge < -0.3 is 5.21 Å². The number of nitrogens with one attached hydrogen (secondary N) is 1. The summed E-state index contributed by atoms with van der Waals surface area (Å²) in [4.78, 5) is 35.0. The summed E-state index contributed by atoms with van der Waals surface area (Å²) >= 11 is 0. The topological polar surface area (TPSA) is 89.3 Å². The molecule has 2 aliphatic rings. The molecule has 108 valence electrons. The zero-order valence-corrected chi connectivity index (χ0v) is 10.5. The molecule has 1 N–H and O–H groups in total. The van der Waals surface area contributed by atoms with E-state index in [-0.39, 0.29) is 28.8 Å². The van der Waals surface area contributed by atoms with Crippen molar-refractivity contribution in [3.05, 3.63) is 34.5 Å². The Morgan fingerprint density at radius 2 is 1.86 bits per heavy atom. The lowest BCUT2D eigenvalue weighted by Gasteiger charge is -2.18. The van der Waals surface area contributed by atoms with E-state index in [2.05, 4.69) is 0 Å². The quantitative estimate of drug-likeness (QED) is 0.471. The third-order valence-corrected chi connectivity index (χ3v) is 3.52. The summed E-state index contributed by atoms with van der Waals surface area (Å²) in [7, 11) is 0. The maximum atomic E-state index is 13.2. The molecule has 1 fully saturated rings. The zero-order valence-electron chi connectivity index (χ0n) is 10.5. The first-order valence-corrected chi connectivity index (χ1v) is 6.11. The van der Waals surface area contributed by atoms with Gasteiger partial charge >= 0.3 is 0 Å². The van der Waals surface area contributed by atoms with Crippen molar-refractivity contribution in [2.24, 2.45) is 5.92 Å². The molecule has 1 aromatic carbocycles. The fraction of sp³-hybridized carbons (Fsp3) is 0.231. The van der Waals surface area contributed by atoms with Gasteiger partial charge in [-0.25, -0.2) is 8.78 Å². The fourth-order valence-corrected chi connectivity index (χ4v) is 2.50. The highest BCUT2D eigenvalue weighted by Gasteiger charge is 2.46. The van der Waals surface area contributed by atoms with Gasteiger partial charge in [0, 0.05) is 6.42 Å². The zero-order chi connectivity index (χ0) is 15.3. The van der Waals surface area contributed by atoms with Crippen LogP contribution < -0.4 is 5.32 Å². The van der Waals surface area contributed by atoms with Gasteiger partial charge in [0.1, 0.15) is 11.5 Å². The number of benzene rings is 1. The highest BCUT2D eigenvalue weighted by molar-refractivity contribution is 6.50. The van der Waals surface area contributed by atoms with Crippen molar-refractivity contribution in [2.75, 3.05) is 0 Å². The first kappa shape index (κ1) is 13.3. The standard InChI is InChI=1S/C13H8F2N2O4/c14-7-3-6-9(4-8(7)15)17(21)11(12(6)19)5-1-2-10(18)16-13(5)20/h3-5H,1-2H2,(H,16,18,20). The Bertz CT molecular complexity index is 742. The SMILES string of the molecule is O=C1CCC(C2=[N+]([O-])c3cc(F)c(F)cc3C2=O)C(=O)N1. The summed E-state index contributed by atoms with van der Waals surface area (Å²) in [5.41, 5.74) is -1.04. The first-order chi connectivity index (χ1) is 9.90. The molecule has 0 saturated carbocycles. The van der Waals surface area contributed by atoms with Gasteiger partial charge in [0.25, 0.3) is 11.5 Å². The van der Waals surface area contributed by atoms with Crippen LogP contribution in [-0.2, 0) is 9.59 Å². The molecule has 1 saturated heterocycles. The lowest BCUT2D eigenvalue weighted by molar-refractivity contribution is -0.359. The molecule has 0 bridgehead atoms. The number of Topliss-reactive ketones (excluding diaryl/α,β-unsaturated/α-hetero) is 1. The second-order valence-corrected chi connectivity index (χ2v) is 4.80. The smallest absolute Gasteiger partial charge is 0.261 e. The van der Waals surface area contributed by atoms with Crippen LogP contribution in [0.3, 0.4) is 0 Å². The molecule has 2 heterocycles. The summed E-state index contributed by atoms with van der Waals surface area (Å²) in [5, 5.41) is 14.1. The molecule has 1 atom stereocenters. The third kappa shape index (κ3) is 1.91. The third-order valence-electron chi connectivity index (χ3n) is 3.52. The van der Waals surface area contributed by atoms with E-state index in [1.807, 2.05) is 5.32 Å². The van der Waals surface area contributed by atoms with Gasteiger partial charge in [0.05, 0.1) is 6.07 Å². The normalized spacial score (nSPS) is 21.6. The van der Waals surface area contributed by atoms with Crippen LogP contribution in [0.5, 0.6) is 0 Å². The van der Waals surface area contributed by atoms with Gasteiger partial charge in [-0.15, -0.1) is 0 Å². The van der Waals surface area contributed by atoms with E-state index in [0.29, 0.717) is 12.1 Å². The van der Waals surface area contributed by atoms with E-state index in [9.17, 15) is 28.4 Å². The van der Waals surface area contributed by atoms with Crippen molar-refractivity contribution in [1.82, 2.24) is 5.32 Å². The number of carbonyl (C=O) groups excluding carboxylic acids is 3. The Hall–Kier alpha value is -2.64. The minimum absolute atomic E-state index is 0.00341. The van der Waals surface area contributed by atoms with Crippen LogP contribution in [-0.4, -0.2) is 28.0 Å². The molecule has 8 heteroatoms. The van der Waals surface area contributed by atoms with E-state index in [0.717, 1.165) is 0 Å². The number of carbonyl (C=O) groups is 3. The van der Waals surface area contributed by atoms with Crippen LogP contribution in [0.15, 0.2) is 12.1 Å². The maximum Gasteiger partial charge on any atom is 0.261 e. The van der Waals surface area contributed by atoms with Crippen LogP contribution in [0, 0.1) is 22.8 Å². The number of halogens is 2. The van der Waals surface area contributed by atoms with E-state index >= 15 is 0 Å². The largest absolute Gasteiger partial charge is 0.618 e. The van der Waals surface area contributed by atoms with Crippen molar-refractivity contribution in [1.29, 1.82) is 0 Å². The van der Waals surface area contributed by atoms with Crippen LogP contribution >= 0.6 is 0 Å².